The van der Waals surface area contributed by atoms with E-state index in [1.54, 1.807) is 6.20 Å². The fourth-order valence-corrected chi connectivity index (χ4v) is 4.08. The van der Waals surface area contributed by atoms with E-state index in [0.29, 0.717) is 18.7 Å². The molecule has 1 unspecified atom stereocenters. The van der Waals surface area contributed by atoms with Crippen LogP contribution in [0.3, 0.4) is 0 Å². The van der Waals surface area contributed by atoms with Crippen LogP contribution in [-0.4, -0.2) is 54.2 Å². The van der Waals surface area contributed by atoms with Gasteiger partial charge in [0.15, 0.2) is 5.96 Å². The molecule has 1 aliphatic heterocycles. The number of likely N-dealkylation sites (tertiary alicyclic amines) is 1. The lowest BCUT2D eigenvalue weighted by atomic mass is 10.2. The zero-order valence-corrected chi connectivity index (χ0v) is 19.7. The number of aromatic nitrogens is 1. The third-order valence-electron chi connectivity index (χ3n) is 5.59. The minimum absolute atomic E-state index is 0. The largest absolute Gasteiger partial charge is 0.474 e. The number of hydrogen-bond donors (Lipinski definition) is 2. The van der Waals surface area contributed by atoms with E-state index in [2.05, 4.69) is 40.4 Å². The van der Waals surface area contributed by atoms with E-state index < -0.39 is 0 Å². The SMILES string of the molecule is CCNC(=NCc1cccnc1OC1CCCC1)NCC1CCCN1CC.I. The number of halogens is 1. The summed E-state index contributed by atoms with van der Waals surface area (Å²) in [7, 11) is 0. The molecule has 7 heteroatoms. The van der Waals surface area contributed by atoms with Crippen LogP contribution in [0, 0.1) is 0 Å². The normalized spacial score (nSPS) is 20.8. The second-order valence-corrected chi connectivity index (χ2v) is 7.49. The fourth-order valence-electron chi connectivity index (χ4n) is 4.08. The molecule has 2 N–H and O–H groups in total. The van der Waals surface area contributed by atoms with Gasteiger partial charge in [-0.25, -0.2) is 9.98 Å². The lowest BCUT2D eigenvalue weighted by Crippen LogP contribution is -2.44. The maximum absolute atomic E-state index is 6.14. The first-order chi connectivity index (χ1) is 13.3. The number of nitrogens with zero attached hydrogens (tertiary/aromatic N) is 3. The average Bonchev–Trinajstić information content (AvgIpc) is 3.36. The molecule has 0 bridgehead atoms. The molecule has 3 rings (SSSR count). The molecular formula is C21H36IN5O. The van der Waals surface area contributed by atoms with Crippen molar-refractivity contribution in [1.82, 2.24) is 20.5 Å². The van der Waals surface area contributed by atoms with Crippen molar-refractivity contribution in [3.05, 3.63) is 23.9 Å². The molecule has 28 heavy (non-hydrogen) atoms. The first-order valence-corrected chi connectivity index (χ1v) is 10.7. The summed E-state index contributed by atoms with van der Waals surface area (Å²) in [5, 5.41) is 6.89. The highest BCUT2D eigenvalue weighted by molar-refractivity contribution is 14.0. The predicted molar refractivity (Wildman–Crippen MR) is 126 cm³/mol. The lowest BCUT2D eigenvalue weighted by Gasteiger charge is -2.24. The molecule has 0 amide bonds. The molecule has 2 heterocycles. The Labute approximate surface area is 186 Å². The number of rotatable bonds is 8. The minimum Gasteiger partial charge on any atom is -0.474 e. The molecule has 1 aliphatic carbocycles. The summed E-state index contributed by atoms with van der Waals surface area (Å²) in [6.07, 6.45) is 9.48. The van der Waals surface area contributed by atoms with Gasteiger partial charge in [0, 0.05) is 30.9 Å². The van der Waals surface area contributed by atoms with Crippen LogP contribution < -0.4 is 15.4 Å². The minimum atomic E-state index is 0. The number of aliphatic imine (C=N–C) groups is 1. The molecule has 1 aromatic heterocycles. The zero-order valence-electron chi connectivity index (χ0n) is 17.3. The summed E-state index contributed by atoms with van der Waals surface area (Å²) in [6, 6.07) is 4.64. The summed E-state index contributed by atoms with van der Waals surface area (Å²) in [4.78, 5) is 11.8. The van der Waals surface area contributed by atoms with Gasteiger partial charge in [0.2, 0.25) is 5.88 Å². The summed E-state index contributed by atoms with van der Waals surface area (Å²) < 4.78 is 6.14. The van der Waals surface area contributed by atoms with Gasteiger partial charge < -0.3 is 15.4 Å². The van der Waals surface area contributed by atoms with Gasteiger partial charge in [-0.1, -0.05) is 13.0 Å². The lowest BCUT2D eigenvalue weighted by molar-refractivity contribution is 0.199. The van der Waals surface area contributed by atoms with Gasteiger partial charge in [-0.15, -0.1) is 24.0 Å². The summed E-state index contributed by atoms with van der Waals surface area (Å²) in [5.74, 6) is 1.62. The van der Waals surface area contributed by atoms with Gasteiger partial charge in [-0.05, 0) is 64.6 Å². The van der Waals surface area contributed by atoms with Crippen molar-refractivity contribution in [3.8, 4) is 5.88 Å². The zero-order chi connectivity index (χ0) is 18.9. The molecule has 1 atom stereocenters. The Hall–Kier alpha value is -1.09. The van der Waals surface area contributed by atoms with Crippen LogP contribution in [-0.2, 0) is 6.54 Å². The highest BCUT2D eigenvalue weighted by atomic mass is 127. The van der Waals surface area contributed by atoms with Crippen LogP contribution in [0.5, 0.6) is 5.88 Å². The molecule has 1 saturated heterocycles. The number of guanidine groups is 1. The molecule has 1 saturated carbocycles. The second-order valence-electron chi connectivity index (χ2n) is 7.49. The van der Waals surface area contributed by atoms with Crippen LogP contribution in [0.4, 0.5) is 0 Å². The number of likely N-dealkylation sites (N-methyl/N-ethyl adjacent to an activating group) is 1. The maximum Gasteiger partial charge on any atom is 0.218 e. The first kappa shape index (κ1) is 23.2. The van der Waals surface area contributed by atoms with Crippen LogP contribution in [0.1, 0.15) is 57.9 Å². The number of hydrogen-bond acceptors (Lipinski definition) is 4. The third kappa shape index (κ3) is 6.76. The van der Waals surface area contributed by atoms with Crippen molar-refractivity contribution in [2.75, 3.05) is 26.2 Å². The van der Waals surface area contributed by atoms with E-state index in [1.807, 2.05) is 6.07 Å². The average molecular weight is 501 g/mol. The number of nitrogens with one attached hydrogen (secondary N) is 2. The summed E-state index contributed by atoms with van der Waals surface area (Å²) in [5.41, 5.74) is 1.05. The first-order valence-electron chi connectivity index (χ1n) is 10.7. The topological polar surface area (TPSA) is 61.8 Å². The highest BCUT2D eigenvalue weighted by Crippen LogP contribution is 2.25. The Kier molecular flexibility index (Phi) is 10.3. The number of pyridine rings is 1. The molecule has 1 aromatic rings. The van der Waals surface area contributed by atoms with Crippen LogP contribution >= 0.6 is 24.0 Å². The van der Waals surface area contributed by atoms with Crippen molar-refractivity contribution in [2.24, 2.45) is 4.99 Å². The molecule has 0 spiro atoms. The summed E-state index contributed by atoms with van der Waals surface area (Å²) >= 11 is 0. The molecule has 2 aliphatic rings. The van der Waals surface area contributed by atoms with Gasteiger partial charge in [0.25, 0.3) is 0 Å². The van der Waals surface area contributed by atoms with Crippen molar-refractivity contribution in [2.45, 2.75) is 71.1 Å². The van der Waals surface area contributed by atoms with Gasteiger partial charge in [-0.3, -0.25) is 4.90 Å². The molecule has 0 radical (unpaired) electrons. The van der Waals surface area contributed by atoms with Gasteiger partial charge in [-0.2, -0.15) is 0 Å². The Balaban J connectivity index is 0.00000280. The molecule has 2 fully saturated rings. The van der Waals surface area contributed by atoms with E-state index in [4.69, 9.17) is 9.73 Å². The Morgan fingerprint density at radius 2 is 2.04 bits per heavy atom. The van der Waals surface area contributed by atoms with Gasteiger partial charge in [0.05, 0.1) is 6.54 Å². The van der Waals surface area contributed by atoms with Crippen molar-refractivity contribution < 1.29 is 4.74 Å². The second kappa shape index (κ2) is 12.5. The quantitative estimate of drug-likeness (QED) is 0.324. The maximum atomic E-state index is 6.14. The van der Waals surface area contributed by atoms with E-state index in [0.717, 1.165) is 49.9 Å². The standard InChI is InChI=1S/C21H35N5O.HI/c1-3-22-21(25-16-18-10-8-14-26(18)4-2)24-15-17-9-7-13-23-20(17)27-19-11-5-6-12-19;/h7,9,13,18-19H,3-6,8,10-12,14-16H2,1-2H3,(H2,22,24,25);1H. The van der Waals surface area contributed by atoms with E-state index in [-0.39, 0.29) is 24.0 Å². The molecule has 158 valence electrons. The van der Waals surface area contributed by atoms with Gasteiger partial charge >= 0.3 is 0 Å². The smallest absolute Gasteiger partial charge is 0.218 e. The molecule has 0 aromatic carbocycles. The Morgan fingerprint density at radius 3 is 2.79 bits per heavy atom. The van der Waals surface area contributed by atoms with E-state index in [1.165, 1.54) is 32.2 Å². The Bertz CT molecular complexity index is 606. The van der Waals surface area contributed by atoms with Crippen molar-refractivity contribution >= 4 is 29.9 Å². The van der Waals surface area contributed by atoms with E-state index in [9.17, 15) is 0 Å². The van der Waals surface area contributed by atoms with Crippen LogP contribution in [0.15, 0.2) is 23.3 Å². The van der Waals surface area contributed by atoms with Crippen molar-refractivity contribution in [1.29, 1.82) is 0 Å². The van der Waals surface area contributed by atoms with Crippen LogP contribution in [0.2, 0.25) is 0 Å². The van der Waals surface area contributed by atoms with Crippen molar-refractivity contribution in [3.63, 3.8) is 0 Å². The molecular weight excluding hydrogens is 465 g/mol. The molecule has 6 nitrogen and oxygen atoms in total. The number of ether oxygens (including phenoxy) is 1. The Morgan fingerprint density at radius 1 is 1.21 bits per heavy atom. The van der Waals surface area contributed by atoms with Gasteiger partial charge in [0.1, 0.15) is 6.10 Å². The predicted octanol–water partition coefficient (Wildman–Crippen LogP) is 3.56. The summed E-state index contributed by atoms with van der Waals surface area (Å²) in [6.45, 7) is 9.05. The monoisotopic (exact) mass is 501 g/mol. The van der Waals surface area contributed by atoms with Crippen LogP contribution in [0.25, 0.3) is 0 Å². The highest BCUT2D eigenvalue weighted by Gasteiger charge is 2.23. The van der Waals surface area contributed by atoms with E-state index >= 15 is 0 Å². The third-order valence-corrected chi connectivity index (χ3v) is 5.59. The fraction of sp³-hybridized carbons (Fsp3) is 0.714.